The third-order valence-electron chi connectivity index (χ3n) is 4.31. The summed E-state index contributed by atoms with van der Waals surface area (Å²) >= 11 is 0. The van der Waals surface area contributed by atoms with Gasteiger partial charge in [0.2, 0.25) is 6.79 Å². The van der Waals surface area contributed by atoms with Crippen molar-refractivity contribution in [2.75, 3.05) is 18.7 Å². The zero-order valence-corrected chi connectivity index (χ0v) is 14.9. The molecule has 1 aliphatic heterocycles. The van der Waals surface area contributed by atoms with E-state index in [9.17, 15) is 14.4 Å². The first kappa shape index (κ1) is 17.6. The van der Waals surface area contributed by atoms with E-state index in [1.165, 1.54) is 25.3 Å². The maximum Gasteiger partial charge on any atom is 0.340 e. The van der Waals surface area contributed by atoms with E-state index in [-0.39, 0.29) is 23.8 Å². The van der Waals surface area contributed by atoms with E-state index in [1.54, 1.807) is 6.07 Å². The molecule has 8 heteroatoms. The summed E-state index contributed by atoms with van der Waals surface area (Å²) in [5.74, 6) is -0.575. The number of Topliss-reactive ketones (excluding diaryl/α,β-unsaturated/α-hetero) is 1. The Morgan fingerprint density at radius 3 is 2.64 bits per heavy atom. The van der Waals surface area contributed by atoms with Crippen LogP contribution in [0.4, 0.5) is 5.69 Å². The number of anilines is 1. The SMILES string of the molecule is CC(=O)c1cc2c(cc1NC(=O)COC(=O)c1c[nH]c3ccccc13)OCO2. The van der Waals surface area contributed by atoms with Crippen LogP contribution in [0.5, 0.6) is 11.5 Å². The Bertz CT molecular complexity index is 1100. The maximum absolute atomic E-state index is 12.3. The van der Waals surface area contributed by atoms with Gasteiger partial charge in [0.05, 0.1) is 11.3 Å². The summed E-state index contributed by atoms with van der Waals surface area (Å²) in [7, 11) is 0. The number of nitrogens with one attached hydrogen (secondary N) is 2. The number of aromatic nitrogens is 1. The minimum Gasteiger partial charge on any atom is -0.454 e. The predicted molar refractivity (Wildman–Crippen MR) is 99.8 cm³/mol. The molecule has 0 unspecified atom stereocenters. The number of aromatic amines is 1. The Kier molecular flexibility index (Phi) is 4.44. The van der Waals surface area contributed by atoms with Gasteiger partial charge in [0.1, 0.15) is 0 Å². The van der Waals surface area contributed by atoms with Crippen LogP contribution in [0.1, 0.15) is 27.6 Å². The number of para-hydroxylation sites is 1. The molecule has 2 heterocycles. The fourth-order valence-corrected chi connectivity index (χ4v) is 2.97. The Morgan fingerprint density at radius 2 is 1.86 bits per heavy atom. The average Bonchev–Trinajstić information content (AvgIpc) is 3.31. The van der Waals surface area contributed by atoms with Gasteiger partial charge in [0, 0.05) is 28.7 Å². The topological polar surface area (TPSA) is 107 Å². The maximum atomic E-state index is 12.3. The highest BCUT2D eigenvalue weighted by Crippen LogP contribution is 2.37. The van der Waals surface area contributed by atoms with Gasteiger partial charge in [-0.15, -0.1) is 0 Å². The standard InChI is InChI=1S/C20H16N2O6/c1-11(23)13-6-17-18(28-10-27-17)7-16(13)22-19(24)9-26-20(25)14-8-21-15-5-3-2-4-12(14)15/h2-8,21H,9-10H2,1H3,(H,22,24). The highest BCUT2D eigenvalue weighted by molar-refractivity contribution is 6.07. The average molecular weight is 380 g/mol. The fourth-order valence-electron chi connectivity index (χ4n) is 2.97. The van der Waals surface area contributed by atoms with Gasteiger partial charge in [-0.3, -0.25) is 9.59 Å². The van der Waals surface area contributed by atoms with E-state index in [1.807, 2.05) is 18.2 Å². The molecular formula is C20H16N2O6. The van der Waals surface area contributed by atoms with Crippen molar-refractivity contribution in [3.05, 3.63) is 53.7 Å². The molecule has 2 aromatic carbocycles. The molecule has 0 radical (unpaired) electrons. The Labute approximate surface area is 159 Å². The number of amides is 1. The molecule has 0 saturated heterocycles. The molecule has 3 aromatic rings. The number of H-pyrrole nitrogens is 1. The summed E-state index contributed by atoms with van der Waals surface area (Å²) in [5.41, 5.74) is 1.69. The summed E-state index contributed by atoms with van der Waals surface area (Å²) in [6.45, 7) is 0.931. The molecule has 0 saturated carbocycles. The molecule has 2 N–H and O–H groups in total. The van der Waals surface area contributed by atoms with Gasteiger partial charge in [-0.2, -0.15) is 0 Å². The summed E-state index contributed by atoms with van der Waals surface area (Å²) in [4.78, 5) is 39.4. The summed E-state index contributed by atoms with van der Waals surface area (Å²) < 4.78 is 15.6. The van der Waals surface area contributed by atoms with Crippen molar-refractivity contribution in [1.29, 1.82) is 0 Å². The number of carbonyl (C=O) groups is 3. The number of benzene rings is 2. The molecule has 0 spiro atoms. The smallest absolute Gasteiger partial charge is 0.340 e. The van der Waals surface area contributed by atoms with Crippen molar-refractivity contribution < 1.29 is 28.6 Å². The van der Waals surface area contributed by atoms with Crippen LogP contribution in [-0.2, 0) is 9.53 Å². The van der Waals surface area contributed by atoms with E-state index in [0.717, 1.165) is 5.52 Å². The summed E-state index contributed by atoms with van der Waals surface area (Å²) in [5, 5.41) is 3.29. The highest BCUT2D eigenvalue weighted by atomic mass is 16.7. The monoisotopic (exact) mass is 380 g/mol. The highest BCUT2D eigenvalue weighted by Gasteiger charge is 2.21. The first-order chi connectivity index (χ1) is 13.5. The number of carbonyl (C=O) groups excluding carboxylic acids is 3. The van der Waals surface area contributed by atoms with Gasteiger partial charge in [0.25, 0.3) is 5.91 Å². The quantitative estimate of drug-likeness (QED) is 0.521. The first-order valence-corrected chi connectivity index (χ1v) is 8.50. The van der Waals surface area contributed by atoms with Crippen molar-refractivity contribution in [1.82, 2.24) is 4.98 Å². The second kappa shape index (κ2) is 7.07. The number of hydrogen-bond donors (Lipinski definition) is 2. The van der Waals surface area contributed by atoms with E-state index in [2.05, 4.69) is 10.3 Å². The van der Waals surface area contributed by atoms with E-state index in [0.29, 0.717) is 22.4 Å². The van der Waals surface area contributed by atoms with Crippen molar-refractivity contribution in [2.45, 2.75) is 6.92 Å². The third kappa shape index (κ3) is 3.27. The van der Waals surface area contributed by atoms with Crippen LogP contribution in [0.2, 0.25) is 0 Å². The lowest BCUT2D eigenvalue weighted by Crippen LogP contribution is -2.22. The van der Waals surface area contributed by atoms with Crippen LogP contribution in [0.25, 0.3) is 10.9 Å². The number of esters is 1. The van der Waals surface area contributed by atoms with Crippen molar-refractivity contribution in [3.8, 4) is 11.5 Å². The van der Waals surface area contributed by atoms with Gasteiger partial charge in [-0.25, -0.2) is 4.79 Å². The van der Waals surface area contributed by atoms with Gasteiger partial charge in [0.15, 0.2) is 23.9 Å². The van der Waals surface area contributed by atoms with Crippen LogP contribution in [0, 0.1) is 0 Å². The Balaban J connectivity index is 1.45. The largest absolute Gasteiger partial charge is 0.454 e. The van der Waals surface area contributed by atoms with E-state index in [4.69, 9.17) is 14.2 Å². The van der Waals surface area contributed by atoms with Crippen LogP contribution in [-0.4, -0.2) is 36.0 Å². The van der Waals surface area contributed by atoms with Crippen molar-refractivity contribution in [2.24, 2.45) is 0 Å². The molecule has 0 aliphatic carbocycles. The van der Waals surface area contributed by atoms with Crippen molar-refractivity contribution >= 4 is 34.3 Å². The zero-order valence-electron chi connectivity index (χ0n) is 14.9. The van der Waals surface area contributed by atoms with Crippen LogP contribution in [0.15, 0.2) is 42.6 Å². The van der Waals surface area contributed by atoms with Gasteiger partial charge in [-0.05, 0) is 19.1 Å². The van der Waals surface area contributed by atoms with Crippen LogP contribution < -0.4 is 14.8 Å². The minimum absolute atomic E-state index is 0.0479. The molecule has 4 rings (SSSR count). The third-order valence-corrected chi connectivity index (χ3v) is 4.31. The van der Waals surface area contributed by atoms with Crippen LogP contribution >= 0.6 is 0 Å². The number of rotatable bonds is 5. The molecule has 1 aromatic heterocycles. The summed E-state index contributed by atoms with van der Waals surface area (Å²) in [6.07, 6.45) is 1.54. The van der Waals surface area contributed by atoms with Gasteiger partial charge in [-0.1, -0.05) is 18.2 Å². The minimum atomic E-state index is -0.620. The second-order valence-electron chi connectivity index (χ2n) is 6.18. The Hall–Kier alpha value is -3.81. The normalized spacial score (nSPS) is 12.0. The number of ether oxygens (including phenoxy) is 3. The number of ketones is 1. The van der Waals surface area contributed by atoms with Crippen LogP contribution in [0.3, 0.4) is 0 Å². The van der Waals surface area contributed by atoms with Crippen molar-refractivity contribution in [3.63, 3.8) is 0 Å². The molecule has 0 bridgehead atoms. The first-order valence-electron chi connectivity index (χ1n) is 8.50. The van der Waals surface area contributed by atoms with Gasteiger partial charge >= 0.3 is 5.97 Å². The molecule has 8 nitrogen and oxygen atoms in total. The molecule has 1 amide bonds. The van der Waals surface area contributed by atoms with E-state index >= 15 is 0 Å². The lowest BCUT2D eigenvalue weighted by atomic mass is 10.1. The predicted octanol–water partition coefficient (Wildman–Crippen LogP) is 2.89. The summed E-state index contributed by atoms with van der Waals surface area (Å²) in [6, 6.07) is 10.3. The lowest BCUT2D eigenvalue weighted by molar-refractivity contribution is -0.119. The number of fused-ring (bicyclic) bond motifs is 2. The molecule has 0 atom stereocenters. The number of hydrogen-bond acceptors (Lipinski definition) is 6. The molecule has 28 heavy (non-hydrogen) atoms. The second-order valence-corrected chi connectivity index (χ2v) is 6.18. The zero-order chi connectivity index (χ0) is 19.7. The molecule has 1 aliphatic rings. The Morgan fingerprint density at radius 1 is 1.11 bits per heavy atom. The van der Waals surface area contributed by atoms with Gasteiger partial charge < -0.3 is 24.5 Å². The fraction of sp³-hybridized carbons (Fsp3) is 0.150. The molecular weight excluding hydrogens is 364 g/mol. The lowest BCUT2D eigenvalue weighted by Gasteiger charge is -2.11. The van der Waals surface area contributed by atoms with E-state index < -0.39 is 18.5 Å². The molecule has 142 valence electrons. The molecule has 0 fully saturated rings.